The predicted molar refractivity (Wildman–Crippen MR) is 99.7 cm³/mol. The summed E-state index contributed by atoms with van der Waals surface area (Å²) in [6.45, 7) is 7.71. The third-order valence-corrected chi connectivity index (χ3v) is 5.09. The minimum absolute atomic E-state index is 0. The van der Waals surface area contributed by atoms with Crippen molar-refractivity contribution in [2.24, 2.45) is 0 Å². The van der Waals surface area contributed by atoms with Crippen LogP contribution in [0.3, 0.4) is 0 Å². The average molecular weight is 370 g/mol. The fraction of sp³-hybridized carbons (Fsp3) is 0.438. The van der Waals surface area contributed by atoms with Gasteiger partial charge >= 0.3 is 0 Å². The molecule has 1 saturated heterocycles. The molecule has 0 spiro atoms. The Balaban J connectivity index is 0.00000101. The predicted octanol–water partition coefficient (Wildman–Crippen LogP) is 3.78. The number of furan rings is 1. The number of thiazole rings is 1. The topological polar surface area (TPSA) is 75.4 Å². The van der Waals surface area contributed by atoms with Crippen LogP contribution in [0.25, 0.3) is 0 Å². The summed E-state index contributed by atoms with van der Waals surface area (Å²) < 4.78 is 5.36. The van der Waals surface area contributed by atoms with E-state index >= 15 is 0 Å². The minimum Gasteiger partial charge on any atom is -0.456 e. The SMILES string of the molecule is CC.Cc1ccc(C(=O)N2CSC[C@H]2C(=O)Nc2ncc(C)s2)o1.[HH]. The van der Waals surface area contributed by atoms with Crippen LogP contribution in [-0.4, -0.2) is 39.4 Å². The number of anilines is 1. The van der Waals surface area contributed by atoms with Crippen molar-refractivity contribution in [3.8, 4) is 0 Å². The van der Waals surface area contributed by atoms with Crippen molar-refractivity contribution in [3.05, 3.63) is 34.7 Å². The molecule has 0 bridgehead atoms. The molecule has 2 aromatic rings. The zero-order valence-corrected chi connectivity index (χ0v) is 15.8. The van der Waals surface area contributed by atoms with Crippen LogP contribution < -0.4 is 5.32 Å². The van der Waals surface area contributed by atoms with E-state index in [4.69, 9.17) is 4.42 Å². The minimum atomic E-state index is -0.507. The molecule has 1 N–H and O–H groups in total. The summed E-state index contributed by atoms with van der Waals surface area (Å²) >= 11 is 2.96. The van der Waals surface area contributed by atoms with Gasteiger partial charge in [-0.25, -0.2) is 4.98 Å². The van der Waals surface area contributed by atoms with Gasteiger partial charge in [-0.3, -0.25) is 9.59 Å². The van der Waals surface area contributed by atoms with Crippen molar-refractivity contribution in [2.45, 2.75) is 33.7 Å². The van der Waals surface area contributed by atoms with Crippen molar-refractivity contribution in [1.82, 2.24) is 9.88 Å². The zero-order chi connectivity index (χ0) is 17.7. The highest BCUT2D eigenvalue weighted by atomic mass is 32.2. The maximum absolute atomic E-state index is 12.5. The Bertz CT molecular complexity index is 717. The molecule has 1 aliphatic heterocycles. The largest absolute Gasteiger partial charge is 0.456 e. The van der Waals surface area contributed by atoms with Gasteiger partial charge < -0.3 is 14.6 Å². The lowest BCUT2D eigenvalue weighted by atomic mass is 10.2. The van der Waals surface area contributed by atoms with Gasteiger partial charge in [-0.15, -0.1) is 23.1 Å². The number of rotatable bonds is 3. The Labute approximate surface area is 151 Å². The summed E-state index contributed by atoms with van der Waals surface area (Å²) in [6, 6.07) is 2.87. The molecule has 6 nitrogen and oxygen atoms in total. The maximum Gasteiger partial charge on any atom is 0.290 e. The van der Waals surface area contributed by atoms with Crippen molar-refractivity contribution < 1.29 is 15.4 Å². The zero-order valence-electron chi connectivity index (χ0n) is 14.2. The van der Waals surface area contributed by atoms with Crippen LogP contribution in [0.1, 0.15) is 36.5 Å². The summed E-state index contributed by atoms with van der Waals surface area (Å²) in [5, 5.41) is 3.33. The Morgan fingerprint density at radius 3 is 2.71 bits per heavy atom. The van der Waals surface area contributed by atoms with Gasteiger partial charge in [0.05, 0.1) is 5.88 Å². The van der Waals surface area contributed by atoms with Gasteiger partial charge in [0, 0.05) is 18.3 Å². The molecule has 1 fully saturated rings. The molecule has 1 aliphatic rings. The van der Waals surface area contributed by atoms with Crippen molar-refractivity contribution >= 4 is 40.0 Å². The smallest absolute Gasteiger partial charge is 0.290 e. The molecule has 0 saturated carbocycles. The summed E-state index contributed by atoms with van der Waals surface area (Å²) in [5.74, 6) is 1.52. The molecule has 132 valence electrons. The number of hydrogen-bond acceptors (Lipinski definition) is 6. The van der Waals surface area contributed by atoms with E-state index in [0.717, 1.165) is 4.88 Å². The fourth-order valence-corrected chi connectivity index (χ4v) is 3.97. The van der Waals surface area contributed by atoms with Gasteiger partial charge in [0.15, 0.2) is 10.9 Å². The number of amides is 2. The van der Waals surface area contributed by atoms with E-state index in [2.05, 4.69) is 10.3 Å². The lowest BCUT2D eigenvalue weighted by molar-refractivity contribution is -0.119. The van der Waals surface area contributed by atoms with Crippen LogP contribution in [0, 0.1) is 13.8 Å². The van der Waals surface area contributed by atoms with Crippen LogP contribution in [0.4, 0.5) is 5.13 Å². The van der Waals surface area contributed by atoms with Crippen LogP contribution in [0.2, 0.25) is 0 Å². The maximum atomic E-state index is 12.5. The number of carbonyl (C=O) groups excluding carboxylic acids is 2. The molecule has 2 aromatic heterocycles. The Morgan fingerprint density at radius 1 is 1.38 bits per heavy atom. The number of carbonyl (C=O) groups is 2. The third-order valence-electron chi connectivity index (χ3n) is 3.25. The average Bonchev–Trinajstić information content (AvgIpc) is 3.29. The second-order valence-corrected chi connectivity index (χ2v) is 7.20. The van der Waals surface area contributed by atoms with E-state index in [0.29, 0.717) is 22.5 Å². The monoisotopic (exact) mass is 369 g/mol. The van der Waals surface area contributed by atoms with E-state index < -0.39 is 6.04 Å². The standard InChI is InChI=1S/C14H15N3O3S2.C2H6.H2/c1-8-3-4-11(20-8)13(19)17-7-21-6-10(17)12(18)16-14-15-5-9(2)22-14;1-2;/h3-5,10H,6-7H2,1-2H3,(H,15,16,18);1-2H3;1H/t10-;;/m0../s1. The molecular formula is C16H23N3O3S2. The molecule has 0 aliphatic carbocycles. The summed E-state index contributed by atoms with van der Waals surface area (Å²) in [4.78, 5) is 31.5. The lowest BCUT2D eigenvalue weighted by Crippen LogP contribution is -2.44. The number of nitrogens with one attached hydrogen (secondary N) is 1. The molecule has 2 amide bonds. The van der Waals surface area contributed by atoms with E-state index in [9.17, 15) is 9.59 Å². The quantitative estimate of drug-likeness (QED) is 0.891. The molecule has 1 atom stereocenters. The molecule has 24 heavy (non-hydrogen) atoms. The number of nitrogens with zero attached hydrogens (tertiary/aromatic N) is 2. The van der Waals surface area contributed by atoms with E-state index in [-0.39, 0.29) is 19.0 Å². The lowest BCUT2D eigenvalue weighted by Gasteiger charge is -2.21. The van der Waals surface area contributed by atoms with Crippen LogP contribution in [0.5, 0.6) is 0 Å². The molecule has 3 rings (SSSR count). The number of aryl methyl sites for hydroxylation is 2. The second kappa shape index (κ2) is 8.34. The fourth-order valence-electron chi connectivity index (χ4n) is 2.15. The van der Waals surface area contributed by atoms with Gasteiger partial charge in [-0.2, -0.15) is 0 Å². The molecule has 0 radical (unpaired) electrons. The molecule has 8 heteroatoms. The number of hydrogen-bond donors (Lipinski definition) is 1. The second-order valence-electron chi connectivity index (χ2n) is 4.97. The molecular weight excluding hydrogens is 346 g/mol. The molecule has 0 unspecified atom stereocenters. The Hall–Kier alpha value is -1.80. The first-order chi connectivity index (χ1) is 11.5. The highest BCUT2D eigenvalue weighted by molar-refractivity contribution is 7.99. The first-order valence-electron chi connectivity index (χ1n) is 7.73. The van der Waals surface area contributed by atoms with E-state index in [1.807, 2.05) is 20.8 Å². The van der Waals surface area contributed by atoms with Crippen molar-refractivity contribution in [3.63, 3.8) is 0 Å². The highest BCUT2D eigenvalue weighted by Crippen LogP contribution is 2.25. The van der Waals surface area contributed by atoms with E-state index in [1.165, 1.54) is 11.3 Å². The van der Waals surface area contributed by atoms with Gasteiger partial charge in [-0.05, 0) is 26.0 Å². The normalized spacial score (nSPS) is 16.5. The molecule has 0 aromatic carbocycles. The van der Waals surface area contributed by atoms with Gasteiger partial charge in [-0.1, -0.05) is 13.8 Å². The Morgan fingerprint density at radius 2 is 2.12 bits per heavy atom. The van der Waals surface area contributed by atoms with Gasteiger partial charge in [0.25, 0.3) is 5.91 Å². The van der Waals surface area contributed by atoms with E-state index in [1.54, 1.807) is 41.9 Å². The van der Waals surface area contributed by atoms with Crippen molar-refractivity contribution in [1.29, 1.82) is 0 Å². The highest BCUT2D eigenvalue weighted by Gasteiger charge is 2.36. The summed E-state index contributed by atoms with van der Waals surface area (Å²) in [5.41, 5.74) is 0. The van der Waals surface area contributed by atoms with Crippen LogP contribution in [0.15, 0.2) is 22.7 Å². The molecule has 3 heterocycles. The Kier molecular flexibility index (Phi) is 6.44. The van der Waals surface area contributed by atoms with Gasteiger partial charge in [0.1, 0.15) is 11.8 Å². The van der Waals surface area contributed by atoms with Crippen LogP contribution >= 0.6 is 23.1 Å². The number of thioether (sulfide) groups is 1. The third kappa shape index (κ3) is 4.18. The summed E-state index contributed by atoms with van der Waals surface area (Å²) in [7, 11) is 0. The van der Waals surface area contributed by atoms with Gasteiger partial charge in [0.2, 0.25) is 5.91 Å². The first kappa shape index (κ1) is 18.5. The summed E-state index contributed by atoms with van der Waals surface area (Å²) in [6.07, 6.45) is 1.71. The van der Waals surface area contributed by atoms with Crippen molar-refractivity contribution in [2.75, 3.05) is 16.9 Å². The number of aromatic nitrogens is 1. The van der Waals surface area contributed by atoms with Crippen LogP contribution in [-0.2, 0) is 4.79 Å². The first-order valence-corrected chi connectivity index (χ1v) is 9.70.